The third-order valence-corrected chi connectivity index (χ3v) is 11.3. The number of anilines is 1. The van der Waals surface area contributed by atoms with Gasteiger partial charge in [0.2, 0.25) is 11.8 Å². The Morgan fingerprint density at radius 2 is 1.92 bits per heavy atom. The molecule has 9 nitrogen and oxygen atoms in total. The van der Waals surface area contributed by atoms with Crippen molar-refractivity contribution in [2.24, 2.45) is 0 Å². The minimum absolute atomic E-state index is 0.0548. The Morgan fingerprint density at radius 1 is 1.04 bits per heavy atom. The predicted molar refractivity (Wildman–Crippen MR) is 185 cm³/mol. The van der Waals surface area contributed by atoms with Gasteiger partial charge in [0, 0.05) is 35.7 Å². The lowest BCUT2D eigenvalue weighted by Gasteiger charge is -2.16. The zero-order valence-electron chi connectivity index (χ0n) is 27.4. The van der Waals surface area contributed by atoms with Gasteiger partial charge in [0.25, 0.3) is 5.91 Å². The van der Waals surface area contributed by atoms with Gasteiger partial charge in [-0.3, -0.25) is 9.78 Å². The van der Waals surface area contributed by atoms with Crippen LogP contribution >= 0.6 is 11.3 Å². The summed E-state index contributed by atoms with van der Waals surface area (Å²) in [6, 6.07) is 13.9. The molecule has 1 saturated heterocycles. The Morgan fingerprint density at radius 3 is 2.74 bits per heavy atom. The molecule has 3 aliphatic rings. The maximum Gasteiger partial charge on any atom is 0.257 e. The predicted octanol–water partition coefficient (Wildman–Crippen LogP) is 8.18. The first kappa shape index (κ1) is 30.8. The number of ether oxygens (including phenoxy) is 1. The number of hydrogen-bond donors (Lipinski definition) is 1. The summed E-state index contributed by atoms with van der Waals surface area (Å²) >= 11 is 1.53. The van der Waals surface area contributed by atoms with Crippen molar-refractivity contribution in [2.75, 3.05) is 19.0 Å². The average Bonchev–Trinajstić information content (AvgIpc) is 3.95. The fourth-order valence-electron chi connectivity index (χ4n) is 7.93. The van der Waals surface area contributed by atoms with E-state index in [4.69, 9.17) is 19.1 Å². The molecule has 0 spiro atoms. The zero-order chi connectivity index (χ0) is 34.1. The van der Waals surface area contributed by atoms with E-state index in [1.807, 2.05) is 23.1 Å². The first-order valence-corrected chi connectivity index (χ1v) is 17.6. The minimum atomic E-state index is -0.365. The van der Waals surface area contributed by atoms with Crippen LogP contribution < -0.4 is 10.1 Å². The van der Waals surface area contributed by atoms with Gasteiger partial charge in [0.15, 0.2) is 11.6 Å². The van der Waals surface area contributed by atoms with E-state index in [0.29, 0.717) is 71.2 Å². The van der Waals surface area contributed by atoms with Crippen LogP contribution in [-0.4, -0.2) is 44.6 Å². The van der Waals surface area contributed by atoms with Crippen LogP contribution in [0.2, 0.25) is 0 Å². The van der Waals surface area contributed by atoms with E-state index in [1.165, 1.54) is 30.6 Å². The number of halogens is 2. The van der Waals surface area contributed by atoms with E-state index < -0.39 is 0 Å². The van der Waals surface area contributed by atoms with Crippen LogP contribution in [0, 0.1) is 18.6 Å². The standard InChI is InChI=1S/C38H32F2N6O3S/c1-19-44-45-37(49-19)30-27(13-9-20-6-3-4-7-24(20)39)42-33-28-8-5-17-46(28)38(47)32(33)31(30)29-18-21-15-16-41-36(35(21)50-29)43-26-14-11-23-22(26)10-12-25(40)34(23)48-2/h3-4,6-7,10,12,15-16,18,26,28H,5,8-9,11,13-14,17H2,1-2H3,(H,41,43)/t26-,28?/m1/s1. The normalized spacial score (nSPS) is 17.8. The van der Waals surface area contributed by atoms with Crippen LogP contribution in [0.1, 0.15) is 75.7 Å². The second-order valence-electron chi connectivity index (χ2n) is 13.0. The first-order valence-electron chi connectivity index (χ1n) is 16.8. The Kier molecular flexibility index (Phi) is 7.38. The molecule has 0 saturated carbocycles. The highest BCUT2D eigenvalue weighted by Gasteiger charge is 2.45. The number of benzene rings is 2. The second-order valence-corrected chi connectivity index (χ2v) is 14.1. The summed E-state index contributed by atoms with van der Waals surface area (Å²) in [5.74, 6) is 0.964. The number of aryl methyl sites for hydroxylation is 3. The second kappa shape index (κ2) is 12.0. The lowest BCUT2D eigenvalue weighted by molar-refractivity contribution is 0.0776. The van der Waals surface area contributed by atoms with Crippen molar-refractivity contribution in [1.82, 2.24) is 25.1 Å². The fraction of sp³-hybridized carbons (Fsp3) is 0.289. The van der Waals surface area contributed by atoms with E-state index in [9.17, 15) is 13.6 Å². The summed E-state index contributed by atoms with van der Waals surface area (Å²) in [6.07, 6.45) is 5.77. The Balaban J connectivity index is 1.20. The molecule has 6 heterocycles. The summed E-state index contributed by atoms with van der Waals surface area (Å²) < 4.78 is 41.7. The quantitative estimate of drug-likeness (QED) is 0.171. The molecule has 2 atom stereocenters. The highest BCUT2D eigenvalue weighted by atomic mass is 32.1. The lowest BCUT2D eigenvalue weighted by atomic mass is 9.93. The number of methoxy groups -OCH3 is 1. The van der Waals surface area contributed by atoms with Crippen molar-refractivity contribution in [3.63, 3.8) is 0 Å². The van der Waals surface area contributed by atoms with Crippen molar-refractivity contribution >= 4 is 33.1 Å². The van der Waals surface area contributed by atoms with Crippen molar-refractivity contribution in [3.8, 4) is 27.6 Å². The molecule has 1 fully saturated rings. The third kappa shape index (κ3) is 4.87. The minimum Gasteiger partial charge on any atom is -0.493 e. The Hall–Kier alpha value is -5.23. The van der Waals surface area contributed by atoms with Gasteiger partial charge in [-0.2, -0.15) is 0 Å². The maximum atomic E-state index is 14.8. The molecule has 252 valence electrons. The Bertz CT molecular complexity index is 2340. The number of carbonyl (C=O) groups is 1. The highest BCUT2D eigenvalue weighted by Crippen LogP contribution is 2.51. The van der Waals surface area contributed by atoms with Gasteiger partial charge in [0.1, 0.15) is 11.6 Å². The van der Waals surface area contributed by atoms with Crippen LogP contribution in [0.5, 0.6) is 5.75 Å². The number of hydrogen-bond acceptors (Lipinski definition) is 9. The molecule has 2 aromatic carbocycles. The van der Waals surface area contributed by atoms with E-state index in [2.05, 4.69) is 21.6 Å². The van der Waals surface area contributed by atoms with Crippen molar-refractivity contribution < 1.29 is 22.7 Å². The molecule has 1 unspecified atom stereocenters. The van der Waals surface area contributed by atoms with E-state index in [-0.39, 0.29) is 35.5 Å². The molecule has 2 aliphatic heterocycles. The number of pyridine rings is 2. The van der Waals surface area contributed by atoms with Crippen LogP contribution in [0.25, 0.3) is 32.0 Å². The SMILES string of the molecule is COc1c(F)ccc2c1CC[C@H]2Nc1nccc2cc(-c3c4c(nc(CCc5ccccc5F)c3-c3nnc(C)o3)C3CCCN3C4=O)sc12. The van der Waals surface area contributed by atoms with Crippen LogP contribution in [0.3, 0.4) is 0 Å². The highest BCUT2D eigenvalue weighted by molar-refractivity contribution is 7.23. The largest absolute Gasteiger partial charge is 0.493 e. The number of rotatable bonds is 8. The van der Waals surface area contributed by atoms with Gasteiger partial charge < -0.3 is 19.4 Å². The summed E-state index contributed by atoms with van der Waals surface area (Å²) in [5.41, 5.74) is 5.75. The fourth-order valence-corrected chi connectivity index (χ4v) is 9.09. The van der Waals surface area contributed by atoms with Gasteiger partial charge in [-0.25, -0.2) is 13.8 Å². The number of nitrogens with zero attached hydrogens (tertiary/aromatic N) is 5. The molecule has 12 heteroatoms. The monoisotopic (exact) mass is 690 g/mol. The summed E-state index contributed by atoms with van der Waals surface area (Å²) in [5, 5.41) is 13.2. The summed E-state index contributed by atoms with van der Waals surface area (Å²) in [6.45, 7) is 2.40. The smallest absolute Gasteiger partial charge is 0.257 e. The number of aromatic nitrogens is 4. The zero-order valence-corrected chi connectivity index (χ0v) is 28.2. The van der Waals surface area contributed by atoms with Crippen molar-refractivity contribution in [3.05, 3.63) is 106 Å². The van der Waals surface area contributed by atoms with Gasteiger partial charge in [-0.15, -0.1) is 21.5 Å². The van der Waals surface area contributed by atoms with E-state index in [1.54, 1.807) is 25.3 Å². The molecule has 0 bridgehead atoms. The number of amides is 1. The summed E-state index contributed by atoms with van der Waals surface area (Å²) in [7, 11) is 1.49. The average molecular weight is 691 g/mol. The molecular weight excluding hydrogens is 659 g/mol. The molecule has 1 N–H and O–H groups in total. The lowest BCUT2D eigenvalue weighted by Crippen LogP contribution is -2.22. The maximum absolute atomic E-state index is 14.8. The first-order chi connectivity index (χ1) is 24.4. The molecule has 50 heavy (non-hydrogen) atoms. The van der Waals surface area contributed by atoms with Gasteiger partial charge >= 0.3 is 0 Å². The molecule has 4 aromatic heterocycles. The number of fused-ring (bicyclic) bond motifs is 5. The molecule has 1 aliphatic carbocycles. The molecule has 1 amide bonds. The summed E-state index contributed by atoms with van der Waals surface area (Å²) in [4.78, 5) is 26.9. The van der Waals surface area contributed by atoms with Gasteiger partial charge in [0.05, 0.1) is 46.4 Å². The van der Waals surface area contributed by atoms with E-state index in [0.717, 1.165) is 51.0 Å². The van der Waals surface area contributed by atoms with E-state index >= 15 is 0 Å². The molecule has 9 rings (SSSR count). The van der Waals surface area contributed by atoms with Crippen molar-refractivity contribution in [1.29, 1.82) is 0 Å². The van der Waals surface area contributed by atoms with Crippen LogP contribution in [0.15, 0.2) is 59.1 Å². The van der Waals surface area contributed by atoms with Crippen LogP contribution in [-0.2, 0) is 19.3 Å². The number of thiophene rings is 1. The number of carbonyl (C=O) groups excluding carboxylic acids is 1. The van der Waals surface area contributed by atoms with Crippen LogP contribution in [0.4, 0.5) is 14.6 Å². The molecule has 0 radical (unpaired) electrons. The number of nitrogens with one attached hydrogen (secondary N) is 1. The topological polar surface area (TPSA) is 106 Å². The van der Waals surface area contributed by atoms with Gasteiger partial charge in [-0.05, 0) is 79.3 Å². The third-order valence-electron chi connectivity index (χ3n) is 10.2. The molecular formula is C38H32F2N6O3S. The van der Waals surface area contributed by atoms with Crippen molar-refractivity contribution in [2.45, 2.75) is 57.5 Å². The van der Waals surface area contributed by atoms with Gasteiger partial charge in [-0.1, -0.05) is 24.3 Å². The molecule has 6 aromatic rings. The Labute approximate surface area is 290 Å².